The van der Waals surface area contributed by atoms with Gasteiger partial charge in [-0.1, -0.05) is 6.07 Å². The summed E-state index contributed by atoms with van der Waals surface area (Å²) >= 11 is 0. The molecule has 3 heterocycles. The lowest BCUT2D eigenvalue weighted by Crippen LogP contribution is -2.22. The first-order valence-corrected chi connectivity index (χ1v) is 9.22. The molecule has 6 heteroatoms. The summed E-state index contributed by atoms with van der Waals surface area (Å²) < 4.78 is 19.8. The van der Waals surface area contributed by atoms with Crippen LogP contribution in [0.5, 0.6) is 17.2 Å². The third-order valence-electron chi connectivity index (χ3n) is 5.05. The minimum Gasteiger partial charge on any atom is -0.493 e. The first kappa shape index (κ1) is 16.2. The Morgan fingerprint density at radius 1 is 1.26 bits per heavy atom. The first-order chi connectivity index (χ1) is 13.3. The Hall–Kier alpha value is -3.02. The van der Waals surface area contributed by atoms with Gasteiger partial charge in [0.2, 0.25) is 5.75 Å². The van der Waals surface area contributed by atoms with Crippen molar-refractivity contribution in [3.05, 3.63) is 66.0 Å². The third-order valence-corrected chi connectivity index (χ3v) is 5.05. The van der Waals surface area contributed by atoms with Gasteiger partial charge in [0.25, 0.3) is 0 Å². The number of aromatic nitrogens is 3. The van der Waals surface area contributed by atoms with Crippen molar-refractivity contribution in [3.63, 3.8) is 0 Å². The van der Waals surface area contributed by atoms with Crippen LogP contribution in [-0.2, 0) is 6.54 Å². The molecule has 0 bridgehead atoms. The normalized spacial score (nSPS) is 18.3. The van der Waals surface area contributed by atoms with Gasteiger partial charge in [0.05, 0.1) is 13.4 Å². The van der Waals surface area contributed by atoms with Crippen molar-refractivity contribution in [1.29, 1.82) is 0 Å². The highest BCUT2D eigenvalue weighted by Crippen LogP contribution is 2.45. The number of nitrogens with zero attached hydrogens (tertiary/aromatic N) is 3. The molecule has 0 radical (unpaired) electrons. The van der Waals surface area contributed by atoms with Gasteiger partial charge in [0.15, 0.2) is 17.6 Å². The summed E-state index contributed by atoms with van der Waals surface area (Å²) in [5.74, 6) is 2.69. The second kappa shape index (κ2) is 6.61. The molecule has 138 valence electrons. The van der Waals surface area contributed by atoms with Gasteiger partial charge in [-0.3, -0.25) is 4.98 Å². The third kappa shape index (κ3) is 3.23. The lowest BCUT2D eigenvalue weighted by atomic mass is 10.1. The fourth-order valence-corrected chi connectivity index (χ4v) is 3.42. The number of ether oxygens (including phenoxy) is 3. The zero-order chi connectivity index (χ0) is 18.2. The predicted octanol–water partition coefficient (Wildman–Crippen LogP) is 3.72. The minimum atomic E-state index is -0.188. The van der Waals surface area contributed by atoms with E-state index in [2.05, 4.69) is 22.1 Å². The molecule has 27 heavy (non-hydrogen) atoms. The van der Waals surface area contributed by atoms with Crippen molar-refractivity contribution in [2.75, 3.05) is 13.7 Å². The largest absolute Gasteiger partial charge is 0.493 e. The summed E-state index contributed by atoms with van der Waals surface area (Å²) in [5.41, 5.74) is 3.27. The number of methoxy groups -OCH3 is 1. The van der Waals surface area contributed by atoms with Crippen molar-refractivity contribution in [2.24, 2.45) is 0 Å². The monoisotopic (exact) mass is 363 g/mol. The van der Waals surface area contributed by atoms with Crippen LogP contribution in [0.4, 0.5) is 0 Å². The average Bonchev–Trinajstić information content (AvgIpc) is 3.44. The molecule has 2 aromatic heterocycles. The summed E-state index contributed by atoms with van der Waals surface area (Å²) in [6.07, 6.45) is 9.71. The number of hydrogen-bond acceptors (Lipinski definition) is 5. The van der Waals surface area contributed by atoms with Crippen LogP contribution in [-0.4, -0.2) is 28.3 Å². The van der Waals surface area contributed by atoms with Crippen LogP contribution in [0, 0.1) is 0 Å². The zero-order valence-corrected chi connectivity index (χ0v) is 15.2. The van der Waals surface area contributed by atoms with Gasteiger partial charge in [-0.2, -0.15) is 0 Å². The van der Waals surface area contributed by atoms with E-state index in [4.69, 9.17) is 14.2 Å². The Bertz CT molecular complexity index is 917. The highest BCUT2D eigenvalue weighted by molar-refractivity contribution is 5.55. The second-order valence-electron chi connectivity index (χ2n) is 7.07. The Morgan fingerprint density at radius 3 is 2.89 bits per heavy atom. The van der Waals surface area contributed by atoms with Crippen molar-refractivity contribution in [1.82, 2.24) is 14.5 Å². The molecule has 0 N–H and O–H groups in total. The van der Waals surface area contributed by atoms with Crippen molar-refractivity contribution >= 4 is 0 Å². The van der Waals surface area contributed by atoms with E-state index in [0.717, 1.165) is 11.1 Å². The van der Waals surface area contributed by atoms with E-state index in [0.29, 0.717) is 36.3 Å². The number of pyridine rings is 1. The van der Waals surface area contributed by atoms with Crippen LogP contribution >= 0.6 is 0 Å². The zero-order valence-electron chi connectivity index (χ0n) is 15.2. The first-order valence-electron chi connectivity index (χ1n) is 9.22. The molecule has 0 amide bonds. The van der Waals surface area contributed by atoms with Gasteiger partial charge >= 0.3 is 0 Å². The Balaban J connectivity index is 1.39. The molecule has 1 aliphatic heterocycles. The van der Waals surface area contributed by atoms with E-state index in [1.807, 2.05) is 29.1 Å². The maximum absolute atomic E-state index is 6.24. The lowest BCUT2D eigenvalue weighted by Gasteiger charge is -2.28. The highest BCUT2D eigenvalue weighted by atomic mass is 16.6. The van der Waals surface area contributed by atoms with E-state index >= 15 is 0 Å². The van der Waals surface area contributed by atoms with Crippen LogP contribution in [0.1, 0.15) is 41.7 Å². The summed E-state index contributed by atoms with van der Waals surface area (Å²) in [4.78, 5) is 8.68. The number of hydrogen-bond donors (Lipinski definition) is 0. The summed E-state index contributed by atoms with van der Waals surface area (Å²) in [7, 11) is 1.65. The van der Waals surface area contributed by atoms with Gasteiger partial charge < -0.3 is 18.8 Å². The molecule has 1 unspecified atom stereocenters. The molecule has 6 nitrogen and oxygen atoms in total. The number of benzene rings is 1. The van der Waals surface area contributed by atoms with Crippen molar-refractivity contribution in [2.45, 2.75) is 31.4 Å². The maximum Gasteiger partial charge on any atom is 0.204 e. The van der Waals surface area contributed by atoms with Crippen LogP contribution in [0.15, 0.2) is 49.2 Å². The number of imidazole rings is 1. The lowest BCUT2D eigenvalue weighted by molar-refractivity contribution is 0.0867. The van der Waals surface area contributed by atoms with E-state index in [1.54, 1.807) is 19.6 Å². The smallest absolute Gasteiger partial charge is 0.204 e. The Morgan fingerprint density at radius 2 is 2.19 bits per heavy atom. The molecular weight excluding hydrogens is 342 g/mol. The van der Waals surface area contributed by atoms with Gasteiger partial charge in [0, 0.05) is 42.3 Å². The fraction of sp³-hybridized carbons (Fsp3) is 0.333. The predicted molar refractivity (Wildman–Crippen MR) is 99.4 cm³/mol. The van der Waals surface area contributed by atoms with Crippen LogP contribution in [0.25, 0.3) is 0 Å². The molecular formula is C21H21N3O3. The summed E-state index contributed by atoms with van der Waals surface area (Å²) in [6.45, 7) is 1.15. The van der Waals surface area contributed by atoms with Crippen molar-refractivity contribution in [3.8, 4) is 17.2 Å². The molecule has 0 spiro atoms. The van der Waals surface area contributed by atoms with Gasteiger partial charge in [-0.15, -0.1) is 0 Å². The Kier molecular flexibility index (Phi) is 3.96. The van der Waals surface area contributed by atoms with Crippen LogP contribution in [0.2, 0.25) is 0 Å². The second-order valence-corrected chi connectivity index (χ2v) is 7.07. The van der Waals surface area contributed by atoms with Crippen molar-refractivity contribution < 1.29 is 14.2 Å². The topological polar surface area (TPSA) is 58.4 Å². The molecule has 1 aromatic carbocycles. The van der Waals surface area contributed by atoms with E-state index in [9.17, 15) is 0 Å². The van der Waals surface area contributed by atoms with E-state index in [-0.39, 0.29) is 6.10 Å². The molecule has 1 saturated carbocycles. The molecule has 0 saturated heterocycles. The maximum atomic E-state index is 6.24. The SMILES string of the molecule is COc1cc(Cn2ccnc2)cc2c1OC(c1ccc(C3CC3)nc1)CO2. The summed E-state index contributed by atoms with van der Waals surface area (Å²) in [6, 6.07) is 8.19. The van der Waals surface area contributed by atoms with Gasteiger partial charge in [0.1, 0.15) is 6.61 Å². The molecule has 1 atom stereocenters. The minimum absolute atomic E-state index is 0.188. The Labute approximate surface area is 157 Å². The number of rotatable bonds is 5. The average molecular weight is 363 g/mol. The van der Waals surface area contributed by atoms with Crippen LogP contribution in [0.3, 0.4) is 0 Å². The van der Waals surface area contributed by atoms with Gasteiger partial charge in [-0.25, -0.2) is 4.98 Å². The quantitative estimate of drug-likeness (QED) is 0.691. The molecule has 1 fully saturated rings. The molecule has 1 aliphatic carbocycles. The fourth-order valence-electron chi connectivity index (χ4n) is 3.42. The number of fused-ring (bicyclic) bond motifs is 1. The van der Waals surface area contributed by atoms with E-state index < -0.39 is 0 Å². The highest BCUT2D eigenvalue weighted by Gasteiger charge is 2.28. The van der Waals surface area contributed by atoms with Gasteiger partial charge in [-0.05, 0) is 36.6 Å². The molecule has 3 aromatic rings. The molecule has 5 rings (SSSR count). The standard InChI is InChI=1S/C21H21N3O3/c1-25-18-8-14(11-24-7-6-22-13-24)9-19-21(18)27-20(12-26-19)16-4-5-17(23-10-16)15-2-3-15/h4-10,13,15,20H,2-3,11-12H2,1H3. The van der Waals surface area contributed by atoms with E-state index in [1.165, 1.54) is 18.5 Å². The van der Waals surface area contributed by atoms with Crippen LogP contribution < -0.4 is 14.2 Å². The molecule has 2 aliphatic rings. The summed E-state index contributed by atoms with van der Waals surface area (Å²) in [5, 5.41) is 0.